The zero-order chi connectivity index (χ0) is 19.8. The van der Waals surface area contributed by atoms with Crippen LogP contribution in [-0.4, -0.2) is 40.2 Å². The summed E-state index contributed by atoms with van der Waals surface area (Å²) in [5.74, 6) is 1.05. The molecule has 2 aromatic rings. The molecule has 0 aliphatic rings. The molecule has 0 amide bonds. The molecule has 0 heterocycles. The number of benzene rings is 2. The van der Waals surface area contributed by atoms with Crippen LogP contribution in [0.2, 0.25) is 0 Å². The van der Waals surface area contributed by atoms with Gasteiger partial charge in [-0.3, -0.25) is 4.79 Å². The van der Waals surface area contributed by atoms with Crippen LogP contribution >= 0.6 is 0 Å². The van der Waals surface area contributed by atoms with Crippen LogP contribution < -0.4 is 23.7 Å². The van der Waals surface area contributed by atoms with E-state index in [-0.39, 0.29) is 11.5 Å². The summed E-state index contributed by atoms with van der Waals surface area (Å²) in [4.78, 5) is 24.2. The van der Waals surface area contributed by atoms with Crippen molar-refractivity contribution in [3.05, 3.63) is 54.1 Å². The first-order valence-corrected chi connectivity index (χ1v) is 7.90. The minimum atomic E-state index is -0.698. The van der Waals surface area contributed by atoms with Crippen molar-refractivity contribution >= 4 is 11.8 Å². The van der Waals surface area contributed by atoms with E-state index in [1.54, 1.807) is 24.3 Å². The topological polar surface area (TPSA) is 80.3 Å². The minimum Gasteiger partial charge on any atom is -0.493 e. The highest BCUT2D eigenvalue weighted by Crippen LogP contribution is 2.31. The van der Waals surface area contributed by atoms with E-state index in [0.717, 1.165) is 12.2 Å². The van der Waals surface area contributed by atoms with Crippen LogP contribution in [0.3, 0.4) is 0 Å². The van der Waals surface area contributed by atoms with Crippen molar-refractivity contribution in [3.63, 3.8) is 0 Å². The van der Waals surface area contributed by atoms with Crippen LogP contribution in [-0.2, 0) is 4.79 Å². The summed E-state index contributed by atoms with van der Waals surface area (Å²) in [5, 5.41) is 0. The first kappa shape index (κ1) is 19.8. The van der Waals surface area contributed by atoms with Crippen molar-refractivity contribution < 1.29 is 33.3 Å². The molecule has 7 heteroatoms. The maximum atomic E-state index is 12.2. The fourth-order valence-corrected chi connectivity index (χ4v) is 2.26. The first-order valence-electron chi connectivity index (χ1n) is 7.90. The molecule has 0 bridgehead atoms. The molecule has 0 saturated heterocycles. The third-order valence-corrected chi connectivity index (χ3v) is 3.61. The molecule has 7 nitrogen and oxygen atoms in total. The molecule has 0 aliphatic heterocycles. The lowest BCUT2D eigenvalue weighted by Crippen LogP contribution is -2.06. The molecule has 0 aromatic heterocycles. The number of allylic oxidation sites excluding steroid dienone is 1. The number of ether oxygens (including phenoxy) is 5. The Morgan fingerprint density at radius 3 is 1.85 bits per heavy atom. The predicted molar refractivity (Wildman–Crippen MR) is 98.2 cm³/mol. The summed E-state index contributed by atoms with van der Waals surface area (Å²) < 4.78 is 25.7. The van der Waals surface area contributed by atoms with Gasteiger partial charge >= 0.3 is 5.97 Å². The fourth-order valence-electron chi connectivity index (χ4n) is 2.26. The Bertz CT molecular complexity index is 855. The van der Waals surface area contributed by atoms with Crippen molar-refractivity contribution in [1.82, 2.24) is 0 Å². The molecule has 0 saturated carbocycles. The van der Waals surface area contributed by atoms with E-state index in [0.29, 0.717) is 28.6 Å². The van der Waals surface area contributed by atoms with E-state index in [9.17, 15) is 9.59 Å². The van der Waals surface area contributed by atoms with Gasteiger partial charge in [-0.2, -0.15) is 0 Å². The van der Waals surface area contributed by atoms with Gasteiger partial charge in [-0.25, -0.2) is 4.79 Å². The van der Waals surface area contributed by atoms with Crippen molar-refractivity contribution in [2.24, 2.45) is 0 Å². The van der Waals surface area contributed by atoms with Crippen molar-refractivity contribution in [1.29, 1.82) is 0 Å². The molecule has 0 aliphatic carbocycles. The average Bonchev–Trinajstić information content (AvgIpc) is 2.71. The number of hydrogen-bond acceptors (Lipinski definition) is 7. The normalized spacial score (nSPS) is 10.4. The number of rotatable bonds is 8. The van der Waals surface area contributed by atoms with Gasteiger partial charge in [0.2, 0.25) is 0 Å². The SMILES string of the molecule is COc1ccc(OC(=O)/C=C/C(=O)c2ccc(OC)c(OC)c2)cc1OC. The largest absolute Gasteiger partial charge is 0.493 e. The molecule has 27 heavy (non-hydrogen) atoms. The van der Waals surface area contributed by atoms with Crippen LogP contribution in [0.15, 0.2) is 48.6 Å². The lowest BCUT2D eigenvalue weighted by molar-refractivity contribution is -0.129. The van der Waals surface area contributed by atoms with E-state index in [1.807, 2.05) is 0 Å². The van der Waals surface area contributed by atoms with E-state index in [2.05, 4.69) is 0 Å². The molecule has 142 valence electrons. The Balaban J connectivity index is 2.07. The van der Waals surface area contributed by atoms with Gasteiger partial charge in [-0.15, -0.1) is 0 Å². The number of hydrogen-bond donors (Lipinski definition) is 0. The molecular formula is C20H20O7. The number of carbonyl (C=O) groups is 2. The van der Waals surface area contributed by atoms with E-state index < -0.39 is 5.97 Å². The Hall–Kier alpha value is -3.48. The highest BCUT2D eigenvalue weighted by molar-refractivity contribution is 6.07. The maximum absolute atomic E-state index is 12.2. The molecule has 0 unspecified atom stereocenters. The maximum Gasteiger partial charge on any atom is 0.336 e. The van der Waals surface area contributed by atoms with Crippen LogP contribution in [0.4, 0.5) is 0 Å². The third-order valence-electron chi connectivity index (χ3n) is 3.61. The smallest absolute Gasteiger partial charge is 0.336 e. The number of esters is 1. The standard InChI is InChI=1S/C20H20O7/c1-23-16-8-5-13(11-18(16)25-3)15(21)7-10-20(22)27-14-6-9-17(24-2)19(12-14)26-4/h5-12H,1-4H3/b10-7+. The van der Waals surface area contributed by atoms with Crippen LogP contribution in [0.1, 0.15) is 10.4 Å². The van der Waals surface area contributed by atoms with Gasteiger partial charge in [-0.1, -0.05) is 0 Å². The molecule has 0 radical (unpaired) electrons. The Labute approximate surface area is 157 Å². The zero-order valence-electron chi connectivity index (χ0n) is 15.5. The highest BCUT2D eigenvalue weighted by Gasteiger charge is 2.11. The number of ketones is 1. The molecule has 0 atom stereocenters. The van der Waals surface area contributed by atoms with Crippen molar-refractivity contribution in [2.45, 2.75) is 0 Å². The quantitative estimate of drug-likeness (QED) is 0.305. The van der Waals surface area contributed by atoms with Crippen LogP contribution in [0.5, 0.6) is 28.7 Å². The second-order valence-corrected chi connectivity index (χ2v) is 5.21. The summed E-state index contributed by atoms with van der Waals surface area (Å²) in [6.45, 7) is 0. The van der Waals surface area contributed by atoms with E-state index in [1.165, 1.54) is 40.6 Å². The van der Waals surface area contributed by atoms with Crippen molar-refractivity contribution in [3.8, 4) is 28.7 Å². The lowest BCUT2D eigenvalue weighted by atomic mass is 10.1. The zero-order valence-corrected chi connectivity index (χ0v) is 15.5. The van der Waals surface area contributed by atoms with E-state index in [4.69, 9.17) is 23.7 Å². The molecule has 0 fully saturated rings. The summed E-state index contributed by atoms with van der Waals surface area (Å²) in [7, 11) is 5.96. The average molecular weight is 372 g/mol. The molecule has 2 rings (SSSR count). The minimum absolute atomic E-state index is 0.265. The summed E-state index contributed by atoms with van der Waals surface area (Å²) >= 11 is 0. The van der Waals surface area contributed by atoms with Gasteiger partial charge in [0.15, 0.2) is 28.8 Å². The Morgan fingerprint density at radius 2 is 1.26 bits per heavy atom. The fraction of sp³-hybridized carbons (Fsp3) is 0.200. The summed E-state index contributed by atoms with van der Waals surface area (Å²) in [6.07, 6.45) is 2.18. The van der Waals surface area contributed by atoms with Gasteiger partial charge in [0.25, 0.3) is 0 Å². The Kier molecular flexibility index (Phi) is 6.82. The van der Waals surface area contributed by atoms with Gasteiger partial charge in [0.1, 0.15) is 5.75 Å². The van der Waals surface area contributed by atoms with Gasteiger partial charge < -0.3 is 23.7 Å². The van der Waals surface area contributed by atoms with Crippen LogP contribution in [0, 0.1) is 0 Å². The highest BCUT2D eigenvalue weighted by atomic mass is 16.5. The number of carbonyl (C=O) groups excluding carboxylic acids is 2. The second-order valence-electron chi connectivity index (χ2n) is 5.21. The van der Waals surface area contributed by atoms with Gasteiger partial charge in [0.05, 0.1) is 28.4 Å². The molecule has 0 spiro atoms. The van der Waals surface area contributed by atoms with Crippen molar-refractivity contribution in [2.75, 3.05) is 28.4 Å². The predicted octanol–water partition coefficient (Wildman–Crippen LogP) is 3.07. The monoisotopic (exact) mass is 372 g/mol. The molecule has 0 N–H and O–H groups in total. The molecular weight excluding hydrogens is 352 g/mol. The van der Waals surface area contributed by atoms with Crippen LogP contribution in [0.25, 0.3) is 0 Å². The third kappa shape index (κ3) is 5.01. The first-order chi connectivity index (χ1) is 13.0. The van der Waals surface area contributed by atoms with Gasteiger partial charge in [0, 0.05) is 17.7 Å². The van der Waals surface area contributed by atoms with E-state index >= 15 is 0 Å². The summed E-state index contributed by atoms with van der Waals surface area (Å²) in [6, 6.07) is 9.41. The van der Waals surface area contributed by atoms with Gasteiger partial charge in [-0.05, 0) is 36.4 Å². The number of methoxy groups -OCH3 is 4. The molecule has 2 aromatic carbocycles. The second kappa shape index (κ2) is 9.28. The summed E-state index contributed by atoms with van der Waals surface area (Å²) in [5.41, 5.74) is 0.350. The lowest BCUT2D eigenvalue weighted by Gasteiger charge is -2.09. The Morgan fingerprint density at radius 1 is 0.704 bits per heavy atom.